The molecular weight excluding hydrogens is 204 g/mol. The molecule has 0 spiro atoms. The molecule has 0 saturated carbocycles. The minimum absolute atomic E-state index is 0.0442. The lowest BCUT2D eigenvalue weighted by Crippen LogP contribution is -2.24. The van der Waals surface area contributed by atoms with E-state index in [0.29, 0.717) is 18.6 Å². The Bertz CT molecular complexity index is 567. The summed E-state index contributed by atoms with van der Waals surface area (Å²) < 4.78 is 3.20. The first-order valence-electron chi connectivity index (χ1n) is 5.06. The number of aromatic nitrogens is 3. The summed E-state index contributed by atoms with van der Waals surface area (Å²) in [6.07, 6.45) is 5.11. The Hall–Kier alpha value is -1.88. The molecule has 84 valence electrons. The van der Waals surface area contributed by atoms with Crippen molar-refractivity contribution in [1.29, 1.82) is 0 Å². The Morgan fingerprint density at radius 2 is 2.38 bits per heavy atom. The van der Waals surface area contributed by atoms with Crippen LogP contribution in [0.15, 0.2) is 41.6 Å². The first-order chi connectivity index (χ1) is 7.72. The van der Waals surface area contributed by atoms with Crippen LogP contribution in [-0.4, -0.2) is 27.8 Å². The molecule has 0 bridgehead atoms. The van der Waals surface area contributed by atoms with E-state index >= 15 is 0 Å². The van der Waals surface area contributed by atoms with Gasteiger partial charge in [-0.2, -0.15) is 5.10 Å². The van der Waals surface area contributed by atoms with Gasteiger partial charge in [-0.25, -0.2) is 4.52 Å². The van der Waals surface area contributed by atoms with Gasteiger partial charge in [-0.05, 0) is 18.7 Å². The molecule has 16 heavy (non-hydrogen) atoms. The number of likely N-dealkylation sites (N-methyl/N-ethyl adjacent to an activating group) is 1. The van der Waals surface area contributed by atoms with Gasteiger partial charge in [0.1, 0.15) is 5.52 Å². The summed E-state index contributed by atoms with van der Waals surface area (Å²) >= 11 is 0. The van der Waals surface area contributed by atoms with E-state index in [-0.39, 0.29) is 5.56 Å². The third kappa shape index (κ3) is 1.90. The lowest BCUT2D eigenvalue weighted by molar-refractivity contribution is 0.702. The third-order valence-electron chi connectivity index (χ3n) is 2.36. The topological polar surface area (TPSA) is 51.3 Å². The predicted octanol–water partition coefficient (Wildman–Crippen LogP) is 0.272. The number of hydrogen-bond acceptors (Lipinski definition) is 3. The number of hydrogen-bond donors (Lipinski definition) is 1. The van der Waals surface area contributed by atoms with E-state index in [2.05, 4.69) is 17.0 Å². The SMILES string of the molecule is C=C(CNC)Cn1ccn2nccc2c1=O. The summed E-state index contributed by atoms with van der Waals surface area (Å²) in [4.78, 5) is 12.0. The molecule has 0 aliphatic carbocycles. The number of rotatable bonds is 4. The molecule has 2 aromatic heterocycles. The van der Waals surface area contributed by atoms with Crippen LogP contribution >= 0.6 is 0 Å². The zero-order valence-electron chi connectivity index (χ0n) is 9.18. The molecule has 0 saturated heterocycles. The largest absolute Gasteiger partial charge is 0.316 e. The molecule has 2 aromatic rings. The van der Waals surface area contributed by atoms with E-state index < -0.39 is 0 Å². The highest BCUT2D eigenvalue weighted by atomic mass is 16.1. The molecule has 0 fully saturated rings. The maximum Gasteiger partial charge on any atom is 0.276 e. The van der Waals surface area contributed by atoms with Gasteiger partial charge in [0.15, 0.2) is 0 Å². The second-order valence-electron chi connectivity index (χ2n) is 3.67. The smallest absolute Gasteiger partial charge is 0.276 e. The van der Waals surface area contributed by atoms with Crippen LogP contribution in [0.3, 0.4) is 0 Å². The molecule has 5 heteroatoms. The minimum Gasteiger partial charge on any atom is -0.316 e. The van der Waals surface area contributed by atoms with Crippen molar-refractivity contribution in [3.8, 4) is 0 Å². The van der Waals surface area contributed by atoms with Crippen LogP contribution < -0.4 is 10.9 Å². The van der Waals surface area contributed by atoms with E-state index in [0.717, 1.165) is 5.57 Å². The highest BCUT2D eigenvalue weighted by molar-refractivity contribution is 5.42. The van der Waals surface area contributed by atoms with Crippen LogP contribution in [0, 0.1) is 0 Å². The summed E-state index contributed by atoms with van der Waals surface area (Å²) in [5.74, 6) is 0. The molecule has 5 nitrogen and oxygen atoms in total. The average Bonchev–Trinajstić information content (AvgIpc) is 2.71. The lowest BCUT2D eigenvalue weighted by Gasteiger charge is -2.08. The fourth-order valence-corrected chi connectivity index (χ4v) is 1.63. The molecule has 2 rings (SSSR count). The quantitative estimate of drug-likeness (QED) is 0.749. The van der Waals surface area contributed by atoms with Crippen molar-refractivity contribution >= 4 is 5.52 Å². The van der Waals surface area contributed by atoms with E-state index in [4.69, 9.17) is 0 Å². The molecule has 0 aliphatic heterocycles. The molecule has 2 heterocycles. The van der Waals surface area contributed by atoms with Crippen molar-refractivity contribution < 1.29 is 0 Å². The molecule has 0 amide bonds. The summed E-state index contributed by atoms with van der Waals surface area (Å²) in [6, 6.07) is 1.71. The zero-order valence-corrected chi connectivity index (χ0v) is 9.18. The van der Waals surface area contributed by atoms with Gasteiger partial charge in [0.05, 0.1) is 6.20 Å². The Morgan fingerprint density at radius 3 is 3.12 bits per heavy atom. The average molecular weight is 218 g/mol. The van der Waals surface area contributed by atoms with Crippen molar-refractivity contribution in [2.75, 3.05) is 13.6 Å². The monoisotopic (exact) mass is 218 g/mol. The van der Waals surface area contributed by atoms with Crippen molar-refractivity contribution in [2.45, 2.75) is 6.54 Å². The lowest BCUT2D eigenvalue weighted by atomic mass is 10.3. The fraction of sp³-hybridized carbons (Fsp3) is 0.273. The van der Waals surface area contributed by atoms with Crippen LogP contribution in [0.2, 0.25) is 0 Å². The summed E-state index contributed by atoms with van der Waals surface area (Å²) in [6.45, 7) is 5.14. The van der Waals surface area contributed by atoms with Crippen LogP contribution in [0.25, 0.3) is 5.52 Å². The van der Waals surface area contributed by atoms with Crippen LogP contribution in [0.5, 0.6) is 0 Å². The molecule has 1 N–H and O–H groups in total. The summed E-state index contributed by atoms with van der Waals surface area (Å²) in [5, 5.41) is 7.01. The number of fused-ring (bicyclic) bond motifs is 1. The van der Waals surface area contributed by atoms with Gasteiger partial charge < -0.3 is 9.88 Å². The van der Waals surface area contributed by atoms with Crippen molar-refractivity contribution in [1.82, 2.24) is 19.5 Å². The van der Waals surface area contributed by atoms with Crippen molar-refractivity contribution in [3.05, 3.63) is 47.2 Å². The number of nitrogens with one attached hydrogen (secondary N) is 1. The minimum atomic E-state index is -0.0442. The van der Waals surface area contributed by atoms with Gasteiger partial charge >= 0.3 is 0 Å². The van der Waals surface area contributed by atoms with Crippen LogP contribution in [0.4, 0.5) is 0 Å². The predicted molar refractivity (Wildman–Crippen MR) is 62.5 cm³/mol. The normalized spacial score (nSPS) is 10.8. The fourth-order valence-electron chi connectivity index (χ4n) is 1.63. The maximum absolute atomic E-state index is 12.0. The first-order valence-corrected chi connectivity index (χ1v) is 5.06. The highest BCUT2D eigenvalue weighted by Gasteiger charge is 2.03. The van der Waals surface area contributed by atoms with E-state index in [1.54, 1.807) is 33.7 Å². The van der Waals surface area contributed by atoms with Crippen molar-refractivity contribution in [2.24, 2.45) is 0 Å². The second kappa shape index (κ2) is 4.32. The Kier molecular flexibility index (Phi) is 2.87. The first kappa shape index (κ1) is 10.6. The zero-order chi connectivity index (χ0) is 11.5. The molecular formula is C11H14N4O. The maximum atomic E-state index is 12.0. The van der Waals surface area contributed by atoms with Gasteiger partial charge in [0.2, 0.25) is 0 Å². The third-order valence-corrected chi connectivity index (χ3v) is 2.36. The van der Waals surface area contributed by atoms with E-state index in [1.807, 2.05) is 7.05 Å². The van der Waals surface area contributed by atoms with Gasteiger partial charge in [-0.15, -0.1) is 0 Å². The molecule has 0 aliphatic rings. The van der Waals surface area contributed by atoms with Crippen LogP contribution in [-0.2, 0) is 6.54 Å². The van der Waals surface area contributed by atoms with Crippen molar-refractivity contribution in [3.63, 3.8) is 0 Å². The van der Waals surface area contributed by atoms with E-state index in [9.17, 15) is 4.79 Å². The standard InChI is InChI=1S/C11H14N4O/c1-9(7-12-2)8-14-5-6-15-10(11(14)16)3-4-13-15/h3-6,12H,1,7-8H2,2H3. The Balaban J connectivity index is 2.34. The van der Waals surface area contributed by atoms with Gasteiger partial charge in [-0.3, -0.25) is 4.79 Å². The molecule has 0 atom stereocenters. The Morgan fingerprint density at radius 1 is 1.56 bits per heavy atom. The summed E-state index contributed by atoms with van der Waals surface area (Å²) in [7, 11) is 1.86. The van der Waals surface area contributed by atoms with Gasteiger partial charge in [-0.1, -0.05) is 6.58 Å². The molecule has 0 unspecified atom stereocenters. The van der Waals surface area contributed by atoms with Gasteiger partial charge in [0, 0.05) is 25.5 Å². The van der Waals surface area contributed by atoms with Crippen LogP contribution in [0.1, 0.15) is 0 Å². The highest BCUT2D eigenvalue weighted by Crippen LogP contribution is 1.97. The second-order valence-corrected chi connectivity index (χ2v) is 3.67. The Labute approximate surface area is 93.0 Å². The summed E-state index contributed by atoms with van der Waals surface area (Å²) in [5.41, 5.74) is 1.51. The van der Waals surface area contributed by atoms with Gasteiger partial charge in [0.25, 0.3) is 5.56 Å². The molecule has 0 radical (unpaired) electrons. The number of nitrogens with zero attached hydrogens (tertiary/aromatic N) is 3. The van der Waals surface area contributed by atoms with E-state index in [1.165, 1.54) is 0 Å². The molecule has 0 aromatic carbocycles.